The van der Waals surface area contributed by atoms with Crippen LogP contribution >= 0.6 is 0 Å². The van der Waals surface area contributed by atoms with E-state index in [1.807, 2.05) is 36.4 Å². The Morgan fingerprint density at radius 1 is 1.06 bits per heavy atom. The van der Waals surface area contributed by atoms with E-state index in [9.17, 15) is 18.3 Å². The lowest BCUT2D eigenvalue weighted by atomic mass is 9.74. The van der Waals surface area contributed by atoms with Crippen LogP contribution in [0.1, 0.15) is 34.7 Å². The van der Waals surface area contributed by atoms with Gasteiger partial charge in [0.25, 0.3) is 5.91 Å². The second-order valence-corrected chi connectivity index (χ2v) is 11.3. The minimum atomic E-state index is -3.26. The first-order valence-corrected chi connectivity index (χ1v) is 13.3. The molecule has 2 heterocycles. The Balaban J connectivity index is 1.59. The maximum Gasteiger partial charge on any atom is 0.253 e. The Labute approximate surface area is 196 Å². The lowest BCUT2D eigenvalue weighted by molar-refractivity contribution is -0.0553. The zero-order valence-corrected chi connectivity index (χ0v) is 20.3. The van der Waals surface area contributed by atoms with E-state index in [2.05, 4.69) is 17.0 Å². The van der Waals surface area contributed by atoms with Gasteiger partial charge in [-0.2, -0.15) is 0 Å². The third kappa shape index (κ3) is 4.84. The average Bonchev–Trinajstić information content (AvgIpc) is 2.77. The van der Waals surface area contributed by atoms with Gasteiger partial charge in [-0.05, 0) is 48.2 Å². The van der Waals surface area contributed by atoms with Gasteiger partial charge in [0.05, 0.1) is 12.9 Å². The predicted octanol–water partition coefficient (Wildman–Crippen LogP) is 2.24. The van der Waals surface area contributed by atoms with Crippen LogP contribution in [0, 0.1) is 0 Å². The monoisotopic (exact) mass is 471 g/mol. The normalized spacial score (nSPS) is 24.3. The minimum absolute atomic E-state index is 0.00130. The quantitative estimate of drug-likeness (QED) is 0.723. The molecule has 0 aliphatic carbocycles. The van der Waals surface area contributed by atoms with Gasteiger partial charge in [0.1, 0.15) is 0 Å². The summed E-state index contributed by atoms with van der Waals surface area (Å²) in [6.07, 6.45) is 3.04. The number of benzene rings is 2. The standard InChI is InChI=1S/C25H33N3O4S/c1-26(2)25(30)21-8-6-7-20(15-21)18-9-11-19(12-10-18)24-22-16-27(33(3,31)32)13-4-5-14-28(22)23(24)17-29/h6-12,15,22-24,29H,4-5,13-14,16-17H2,1-3H3/t22-,23+,24-/m1/s1. The molecule has 2 saturated heterocycles. The highest BCUT2D eigenvalue weighted by molar-refractivity contribution is 7.88. The molecule has 4 rings (SSSR count). The lowest BCUT2D eigenvalue weighted by Gasteiger charge is -2.57. The Morgan fingerprint density at radius 2 is 1.76 bits per heavy atom. The number of carbonyl (C=O) groups is 1. The van der Waals surface area contributed by atoms with Crippen LogP contribution in [0.5, 0.6) is 0 Å². The van der Waals surface area contributed by atoms with Gasteiger partial charge in [0.2, 0.25) is 10.0 Å². The molecular formula is C25H33N3O4S. The fourth-order valence-corrected chi connectivity index (χ4v) is 6.08. The zero-order chi connectivity index (χ0) is 23.8. The Morgan fingerprint density at radius 3 is 2.39 bits per heavy atom. The van der Waals surface area contributed by atoms with Crippen molar-refractivity contribution in [3.63, 3.8) is 0 Å². The molecule has 3 atom stereocenters. The van der Waals surface area contributed by atoms with Crippen LogP contribution in [0.3, 0.4) is 0 Å². The molecule has 178 valence electrons. The number of amides is 1. The molecule has 0 saturated carbocycles. The van der Waals surface area contributed by atoms with Gasteiger partial charge in [0, 0.05) is 50.7 Å². The number of hydrogen-bond acceptors (Lipinski definition) is 5. The van der Waals surface area contributed by atoms with Crippen LogP contribution in [0.2, 0.25) is 0 Å². The maximum atomic E-state index is 12.3. The molecule has 0 bridgehead atoms. The Hall–Kier alpha value is -2.26. The van der Waals surface area contributed by atoms with E-state index in [4.69, 9.17) is 0 Å². The van der Waals surface area contributed by atoms with Crippen molar-refractivity contribution in [3.8, 4) is 11.1 Å². The predicted molar refractivity (Wildman–Crippen MR) is 130 cm³/mol. The molecule has 0 aromatic heterocycles. The highest BCUT2D eigenvalue weighted by Crippen LogP contribution is 2.42. The molecule has 2 fully saturated rings. The van der Waals surface area contributed by atoms with Crippen molar-refractivity contribution in [2.45, 2.75) is 30.8 Å². The summed E-state index contributed by atoms with van der Waals surface area (Å²) in [5.74, 6) is 0.0431. The largest absolute Gasteiger partial charge is 0.395 e. The molecule has 8 heteroatoms. The number of sulfonamides is 1. The topological polar surface area (TPSA) is 81.2 Å². The van der Waals surface area contributed by atoms with Crippen LogP contribution in [0.15, 0.2) is 48.5 Å². The van der Waals surface area contributed by atoms with Gasteiger partial charge in [-0.25, -0.2) is 12.7 Å². The van der Waals surface area contributed by atoms with Gasteiger partial charge in [0.15, 0.2) is 0 Å². The van der Waals surface area contributed by atoms with Crippen molar-refractivity contribution in [1.82, 2.24) is 14.1 Å². The van der Waals surface area contributed by atoms with E-state index in [1.165, 1.54) is 6.26 Å². The van der Waals surface area contributed by atoms with Crippen LogP contribution in [-0.2, 0) is 10.0 Å². The number of hydrogen-bond donors (Lipinski definition) is 1. The van der Waals surface area contributed by atoms with Gasteiger partial charge in [-0.15, -0.1) is 0 Å². The van der Waals surface area contributed by atoms with Crippen LogP contribution < -0.4 is 0 Å². The number of aliphatic hydroxyl groups excluding tert-OH is 1. The van der Waals surface area contributed by atoms with Crippen molar-refractivity contribution in [1.29, 1.82) is 0 Å². The van der Waals surface area contributed by atoms with E-state index >= 15 is 0 Å². The Kier molecular flexibility index (Phi) is 6.91. The van der Waals surface area contributed by atoms with Crippen LogP contribution in [0.25, 0.3) is 11.1 Å². The van der Waals surface area contributed by atoms with E-state index in [0.29, 0.717) is 18.7 Å². The van der Waals surface area contributed by atoms with Gasteiger partial charge in [-0.1, -0.05) is 36.4 Å². The first-order valence-electron chi connectivity index (χ1n) is 11.4. The second-order valence-electron chi connectivity index (χ2n) is 9.31. The molecule has 2 aromatic carbocycles. The molecule has 0 unspecified atom stereocenters. The molecule has 1 N–H and O–H groups in total. The number of aliphatic hydroxyl groups is 1. The van der Waals surface area contributed by atoms with Crippen molar-refractivity contribution < 1.29 is 18.3 Å². The summed E-state index contributed by atoms with van der Waals surface area (Å²) in [7, 11) is 0.215. The SMILES string of the molecule is CN(C)C(=O)c1cccc(-c2ccc([C@@H]3[C@H]4CN(S(C)(=O)=O)CCCCN4[C@H]3CO)cc2)c1. The highest BCUT2D eigenvalue weighted by atomic mass is 32.2. The summed E-state index contributed by atoms with van der Waals surface area (Å²) in [5, 5.41) is 10.1. The third-order valence-electron chi connectivity index (χ3n) is 6.95. The maximum absolute atomic E-state index is 12.3. The van der Waals surface area contributed by atoms with Gasteiger partial charge in [-0.3, -0.25) is 9.69 Å². The molecule has 1 amide bonds. The van der Waals surface area contributed by atoms with Gasteiger partial charge < -0.3 is 10.0 Å². The number of rotatable bonds is 5. The zero-order valence-electron chi connectivity index (χ0n) is 19.5. The van der Waals surface area contributed by atoms with Crippen LogP contribution in [0.4, 0.5) is 0 Å². The summed E-state index contributed by atoms with van der Waals surface area (Å²) in [4.78, 5) is 16.2. The third-order valence-corrected chi connectivity index (χ3v) is 8.22. The molecule has 0 radical (unpaired) electrons. The summed E-state index contributed by atoms with van der Waals surface area (Å²) in [6.45, 7) is 1.95. The van der Waals surface area contributed by atoms with Gasteiger partial charge >= 0.3 is 0 Å². The van der Waals surface area contributed by atoms with E-state index in [1.54, 1.807) is 23.3 Å². The van der Waals surface area contributed by atoms with E-state index in [-0.39, 0.29) is 30.5 Å². The molecule has 7 nitrogen and oxygen atoms in total. The average molecular weight is 472 g/mol. The fourth-order valence-electron chi connectivity index (χ4n) is 5.20. The van der Waals surface area contributed by atoms with Crippen LogP contribution in [-0.4, -0.2) is 92.2 Å². The first kappa shape index (κ1) is 23.9. The number of carbonyl (C=O) groups excluding carboxylic acids is 1. The molecule has 2 aliphatic heterocycles. The summed E-state index contributed by atoms with van der Waals surface area (Å²) in [6, 6.07) is 15.9. The number of fused-ring (bicyclic) bond motifs is 1. The van der Waals surface area contributed by atoms with Crippen molar-refractivity contribution in [2.24, 2.45) is 0 Å². The molecule has 2 aliphatic rings. The van der Waals surface area contributed by atoms with E-state index < -0.39 is 10.0 Å². The summed E-state index contributed by atoms with van der Waals surface area (Å²) >= 11 is 0. The second kappa shape index (κ2) is 9.54. The first-order chi connectivity index (χ1) is 15.7. The Bertz CT molecular complexity index is 1100. The minimum Gasteiger partial charge on any atom is -0.395 e. The fraction of sp³-hybridized carbons (Fsp3) is 0.480. The van der Waals surface area contributed by atoms with Crippen molar-refractivity contribution >= 4 is 15.9 Å². The van der Waals surface area contributed by atoms with E-state index in [0.717, 1.165) is 36.1 Å². The smallest absolute Gasteiger partial charge is 0.253 e. The molecule has 0 spiro atoms. The number of nitrogens with zero attached hydrogens (tertiary/aromatic N) is 3. The molecule has 33 heavy (non-hydrogen) atoms. The molecule has 2 aromatic rings. The summed E-state index contributed by atoms with van der Waals surface area (Å²) < 4.78 is 26.1. The lowest BCUT2D eigenvalue weighted by Crippen LogP contribution is -2.67. The molecular weight excluding hydrogens is 438 g/mol. The van der Waals surface area contributed by atoms with Crippen molar-refractivity contribution in [3.05, 3.63) is 59.7 Å². The highest BCUT2D eigenvalue weighted by Gasteiger charge is 2.49. The summed E-state index contributed by atoms with van der Waals surface area (Å²) in [5.41, 5.74) is 3.73. The van der Waals surface area contributed by atoms with Crippen molar-refractivity contribution in [2.75, 3.05) is 46.6 Å².